The number of alkyl halides is 2. The number of halogens is 5. The molecule has 0 saturated heterocycles. The van der Waals surface area contributed by atoms with E-state index in [0.717, 1.165) is 12.1 Å². The molecule has 4 heterocycles. The zero-order valence-electron chi connectivity index (χ0n) is 24.0. The van der Waals surface area contributed by atoms with E-state index < -0.39 is 30.8 Å². The van der Waals surface area contributed by atoms with Crippen LogP contribution in [0.15, 0.2) is 73.2 Å². The van der Waals surface area contributed by atoms with Gasteiger partial charge < -0.3 is 19.1 Å². The molecule has 0 unspecified atom stereocenters. The number of carboxylic acid groups (broad SMARTS) is 1. The second kappa shape index (κ2) is 13.5. The lowest BCUT2D eigenvalue weighted by Crippen LogP contribution is -2.12. The molecule has 47 heavy (non-hydrogen) atoms. The van der Waals surface area contributed by atoms with Crippen molar-refractivity contribution < 1.29 is 36.9 Å². The Bertz CT molecular complexity index is 2080. The fraction of sp³-hybridized carbons (Fsp3) is 0.161. The van der Waals surface area contributed by atoms with Crippen molar-refractivity contribution in [2.24, 2.45) is 0 Å². The molecule has 0 amide bonds. The molecule has 0 bridgehead atoms. The summed E-state index contributed by atoms with van der Waals surface area (Å²) in [4.78, 5) is 24.5. The molecule has 2 aromatic carbocycles. The van der Waals surface area contributed by atoms with Gasteiger partial charge in [0, 0.05) is 42.4 Å². The van der Waals surface area contributed by atoms with Crippen LogP contribution in [-0.4, -0.2) is 58.8 Å². The predicted molar refractivity (Wildman–Crippen MR) is 160 cm³/mol. The summed E-state index contributed by atoms with van der Waals surface area (Å²) in [5.41, 5.74) is 1.08. The van der Waals surface area contributed by atoms with Crippen molar-refractivity contribution in [2.75, 3.05) is 6.61 Å². The Morgan fingerprint density at radius 1 is 1.02 bits per heavy atom. The number of carboxylic acids is 1. The van der Waals surface area contributed by atoms with Crippen LogP contribution >= 0.6 is 11.6 Å². The van der Waals surface area contributed by atoms with E-state index in [1.807, 2.05) is 0 Å². The third-order valence-corrected chi connectivity index (χ3v) is 7.42. The third kappa shape index (κ3) is 7.05. The Hall–Kier alpha value is -5.41. The van der Waals surface area contributed by atoms with E-state index in [2.05, 4.69) is 30.0 Å². The number of benzene rings is 2. The molecule has 0 spiro atoms. The van der Waals surface area contributed by atoms with Gasteiger partial charge in [-0.3, -0.25) is 0 Å². The molecule has 6 aromatic rings. The molecule has 1 N–H and O–H groups in total. The van der Waals surface area contributed by atoms with Crippen LogP contribution in [0.5, 0.6) is 5.88 Å². The van der Waals surface area contributed by atoms with Crippen LogP contribution in [0.25, 0.3) is 28.1 Å². The van der Waals surface area contributed by atoms with E-state index in [1.165, 1.54) is 45.9 Å². The van der Waals surface area contributed by atoms with Crippen molar-refractivity contribution in [1.82, 2.24) is 34.5 Å². The Kier molecular flexibility index (Phi) is 9.08. The van der Waals surface area contributed by atoms with E-state index in [4.69, 9.17) is 16.3 Å². The van der Waals surface area contributed by atoms with Crippen LogP contribution in [0.1, 0.15) is 27.3 Å². The molecule has 16 heteroatoms. The summed E-state index contributed by atoms with van der Waals surface area (Å²) in [6.45, 7) is -3.59. The molecular formula is C31H22ClF4N7O4. The fourth-order valence-electron chi connectivity index (χ4n) is 4.82. The Morgan fingerprint density at radius 2 is 1.87 bits per heavy atom. The fourth-order valence-corrected chi connectivity index (χ4v) is 5.02. The van der Waals surface area contributed by atoms with Crippen LogP contribution in [0.4, 0.5) is 17.6 Å². The highest BCUT2D eigenvalue weighted by molar-refractivity contribution is 6.31. The van der Waals surface area contributed by atoms with Crippen LogP contribution in [0, 0.1) is 11.6 Å². The number of nitrogens with zero attached hydrogens (tertiary/aromatic N) is 7. The highest BCUT2D eigenvalue weighted by Gasteiger charge is 2.19. The molecule has 240 valence electrons. The smallest absolute Gasteiger partial charge is 0.345 e. The third-order valence-electron chi connectivity index (χ3n) is 7.07. The van der Waals surface area contributed by atoms with Crippen LogP contribution in [0.2, 0.25) is 5.02 Å². The molecule has 0 aliphatic carbocycles. The summed E-state index contributed by atoms with van der Waals surface area (Å²) < 4.78 is 69.2. The van der Waals surface area contributed by atoms with Gasteiger partial charge in [0.05, 0.1) is 46.3 Å². The highest BCUT2D eigenvalue weighted by Crippen LogP contribution is 2.29. The predicted octanol–water partition coefficient (Wildman–Crippen LogP) is 6.11. The Balaban J connectivity index is 1.22. The molecule has 0 saturated carbocycles. The first kappa shape index (κ1) is 31.6. The first-order valence-corrected chi connectivity index (χ1v) is 14.3. The van der Waals surface area contributed by atoms with E-state index in [9.17, 15) is 18.7 Å². The van der Waals surface area contributed by atoms with Gasteiger partial charge in [-0.2, -0.15) is 8.78 Å². The van der Waals surface area contributed by atoms with Crippen molar-refractivity contribution in [3.05, 3.63) is 112 Å². The maximum absolute atomic E-state index is 15.5. The molecule has 6 rings (SSSR count). The summed E-state index contributed by atoms with van der Waals surface area (Å²) in [6.07, 6.45) is 4.41. The van der Waals surface area contributed by atoms with Gasteiger partial charge in [0.2, 0.25) is 5.88 Å². The molecule has 0 aliphatic rings. The number of pyridine rings is 2. The van der Waals surface area contributed by atoms with Gasteiger partial charge in [0.15, 0.2) is 5.82 Å². The molecule has 0 radical (unpaired) electrons. The van der Waals surface area contributed by atoms with Crippen molar-refractivity contribution in [3.63, 3.8) is 0 Å². The Morgan fingerprint density at radius 3 is 2.62 bits per heavy atom. The second-order valence-corrected chi connectivity index (χ2v) is 10.5. The molecule has 4 aromatic heterocycles. The lowest BCUT2D eigenvalue weighted by molar-refractivity contribution is -0.130. The minimum Gasteiger partial charge on any atom is -0.478 e. The van der Waals surface area contributed by atoms with E-state index in [1.54, 1.807) is 24.4 Å². The number of hydrogen-bond donors (Lipinski definition) is 1. The number of aromatic carboxylic acids is 1. The molecule has 0 atom stereocenters. The summed E-state index contributed by atoms with van der Waals surface area (Å²) in [6, 6.07) is 12.3. The summed E-state index contributed by atoms with van der Waals surface area (Å²) in [5, 5.41) is 17.3. The van der Waals surface area contributed by atoms with Gasteiger partial charge in [0.1, 0.15) is 24.1 Å². The first-order chi connectivity index (χ1) is 22.7. The maximum atomic E-state index is 15.5. The number of rotatable bonds is 12. The number of fused-ring (bicyclic) bond motifs is 1. The van der Waals surface area contributed by atoms with Crippen molar-refractivity contribution in [3.8, 4) is 23.0 Å². The highest BCUT2D eigenvalue weighted by atomic mass is 35.5. The maximum Gasteiger partial charge on any atom is 0.345 e. The summed E-state index contributed by atoms with van der Waals surface area (Å²) in [5.74, 6) is -1.96. The SMILES string of the molecule is O=C(O)c1ccc2nc(Cc3cc(F)c(-c4cccc(OCc5cnc(-n6ccnn6)cc5Cl)n4)cc3F)n(CCOC(F)F)c2c1. The average Bonchev–Trinajstić information content (AvgIpc) is 3.70. The zero-order valence-corrected chi connectivity index (χ0v) is 24.8. The minimum atomic E-state index is -3.02. The van der Waals surface area contributed by atoms with E-state index in [0.29, 0.717) is 27.4 Å². The van der Waals surface area contributed by atoms with Crippen LogP contribution < -0.4 is 4.74 Å². The average molecular weight is 668 g/mol. The number of ether oxygens (including phenoxy) is 2. The topological polar surface area (TPSA) is 130 Å². The van der Waals surface area contributed by atoms with Crippen molar-refractivity contribution in [2.45, 2.75) is 26.2 Å². The number of hydrogen-bond acceptors (Lipinski definition) is 8. The van der Waals surface area contributed by atoms with Crippen LogP contribution in [0.3, 0.4) is 0 Å². The van der Waals surface area contributed by atoms with Gasteiger partial charge in [-0.15, -0.1) is 5.10 Å². The van der Waals surface area contributed by atoms with Gasteiger partial charge in [-0.05, 0) is 42.0 Å². The zero-order chi connectivity index (χ0) is 33.1. The number of aromatic nitrogens is 7. The molecule has 11 nitrogen and oxygen atoms in total. The van der Waals surface area contributed by atoms with Gasteiger partial charge in [0.25, 0.3) is 0 Å². The van der Waals surface area contributed by atoms with Crippen molar-refractivity contribution >= 4 is 28.6 Å². The molecule has 0 fully saturated rings. The number of imidazole rings is 1. The summed E-state index contributed by atoms with van der Waals surface area (Å²) >= 11 is 6.38. The minimum absolute atomic E-state index is 0.00693. The quantitative estimate of drug-likeness (QED) is 0.154. The van der Waals surface area contributed by atoms with Crippen LogP contribution in [-0.2, 0) is 24.3 Å². The standard InChI is InChI=1S/C31H22ClF4N7O4/c32-21-14-27(43-7-6-38-41-43)37-15-19(21)16-47-29-3-1-2-24(40-29)20-13-22(33)18(10-23(20)34)12-28-39-25-5-4-17(30(44)45)11-26(25)42(28)8-9-46-31(35)36/h1-7,10-11,13-15,31H,8-9,12,16H2,(H,44,45). The Labute approximate surface area is 268 Å². The van der Waals surface area contributed by atoms with Gasteiger partial charge in [-0.25, -0.2) is 33.2 Å². The van der Waals surface area contributed by atoms with E-state index in [-0.39, 0.29) is 53.7 Å². The van der Waals surface area contributed by atoms with Gasteiger partial charge in [-0.1, -0.05) is 22.9 Å². The van der Waals surface area contributed by atoms with E-state index >= 15 is 8.78 Å². The number of carbonyl (C=O) groups is 1. The first-order valence-electron chi connectivity index (χ1n) is 13.9. The molecule has 0 aliphatic heterocycles. The second-order valence-electron chi connectivity index (χ2n) is 10.1. The lowest BCUT2D eigenvalue weighted by Gasteiger charge is -2.12. The monoisotopic (exact) mass is 667 g/mol. The normalized spacial score (nSPS) is 11.4. The summed E-state index contributed by atoms with van der Waals surface area (Å²) in [7, 11) is 0. The van der Waals surface area contributed by atoms with Crippen molar-refractivity contribution in [1.29, 1.82) is 0 Å². The largest absolute Gasteiger partial charge is 0.478 e. The molecular weight excluding hydrogens is 646 g/mol. The van der Waals surface area contributed by atoms with Gasteiger partial charge >= 0.3 is 12.6 Å². The lowest BCUT2D eigenvalue weighted by atomic mass is 10.0.